The lowest BCUT2D eigenvalue weighted by Gasteiger charge is -2.15. The molecule has 1 saturated carbocycles. The van der Waals surface area contributed by atoms with E-state index in [0.717, 1.165) is 18.4 Å². The maximum Gasteiger partial charge on any atom is 0.0102 e. The highest BCUT2D eigenvalue weighted by atomic mass is 32.1. The zero-order valence-electron chi connectivity index (χ0n) is 10.8. The Hall–Kier alpha value is -0.340. The van der Waals surface area contributed by atoms with Crippen LogP contribution in [0, 0.1) is 5.92 Å². The molecule has 1 aliphatic rings. The van der Waals surface area contributed by atoms with E-state index in [0.29, 0.717) is 5.41 Å². The predicted molar refractivity (Wildman–Crippen MR) is 72.4 cm³/mol. The summed E-state index contributed by atoms with van der Waals surface area (Å²) in [5.74, 6) is 1.74. The van der Waals surface area contributed by atoms with E-state index in [-0.39, 0.29) is 0 Å². The van der Waals surface area contributed by atoms with Gasteiger partial charge in [0.1, 0.15) is 0 Å². The van der Waals surface area contributed by atoms with Crippen LogP contribution in [0.2, 0.25) is 0 Å². The number of nitrogens with one attached hydrogen (secondary N) is 1. The van der Waals surface area contributed by atoms with Crippen molar-refractivity contribution in [3.8, 4) is 0 Å². The van der Waals surface area contributed by atoms with Crippen molar-refractivity contribution in [1.82, 2.24) is 5.32 Å². The molecular weight excluding hydrogens is 214 g/mol. The van der Waals surface area contributed by atoms with Crippen molar-refractivity contribution in [2.75, 3.05) is 13.1 Å². The second kappa shape index (κ2) is 4.50. The van der Waals surface area contributed by atoms with Crippen LogP contribution in [0.1, 0.15) is 49.8 Å². The summed E-state index contributed by atoms with van der Waals surface area (Å²) in [6, 6.07) is 4.67. The molecule has 16 heavy (non-hydrogen) atoms. The molecule has 0 spiro atoms. The van der Waals surface area contributed by atoms with Crippen LogP contribution in [0.25, 0.3) is 0 Å². The van der Waals surface area contributed by atoms with Gasteiger partial charge < -0.3 is 5.32 Å². The fourth-order valence-corrected chi connectivity index (χ4v) is 3.38. The van der Waals surface area contributed by atoms with Crippen LogP contribution < -0.4 is 5.32 Å². The lowest BCUT2D eigenvalue weighted by molar-refractivity contribution is 0.604. The maximum atomic E-state index is 3.45. The van der Waals surface area contributed by atoms with Gasteiger partial charge in [-0.05, 0) is 48.9 Å². The van der Waals surface area contributed by atoms with Crippen molar-refractivity contribution in [3.63, 3.8) is 0 Å². The van der Waals surface area contributed by atoms with Crippen LogP contribution in [-0.4, -0.2) is 13.1 Å². The second-order valence-electron chi connectivity index (χ2n) is 5.86. The first-order chi connectivity index (χ1) is 7.52. The fourth-order valence-electron chi connectivity index (χ4n) is 2.11. The summed E-state index contributed by atoms with van der Waals surface area (Å²) in [5.41, 5.74) is 0.314. The normalized spacial score (nSPS) is 24.8. The van der Waals surface area contributed by atoms with Crippen molar-refractivity contribution in [1.29, 1.82) is 0 Å². The SMILES string of the molecule is CCNCC1CC1c1ccc(C(C)(C)C)s1. The Bertz CT molecular complexity index is 348. The van der Waals surface area contributed by atoms with Crippen LogP contribution in [0.15, 0.2) is 12.1 Å². The first-order valence-electron chi connectivity index (χ1n) is 6.33. The standard InChI is InChI=1S/C14H23NS/c1-5-15-9-10-8-11(10)12-6-7-13(16-12)14(2,3)4/h6-7,10-11,15H,5,8-9H2,1-4H3. The van der Waals surface area contributed by atoms with E-state index in [1.165, 1.54) is 17.8 Å². The number of hydrogen-bond donors (Lipinski definition) is 1. The van der Waals surface area contributed by atoms with E-state index in [9.17, 15) is 0 Å². The molecular formula is C14H23NS. The molecule has 2 unspecified atom stereocenters. The molecule has 1 nitrogen and oxygen atoms in total. The van der Waals surface area contributed by atoms with Gasteiger partial charge in [-0.1, -0.05) is 27.7 Å². The first-order valence-corrected chi connectivity index (χ1v) is 7.15. The van der Waals surface area contributed by atoms with Gasteiger partial charge in [-0.15, -0.1) is 11.3 Å². The number of rotatable bonds is 4. The summed E-state index contributed by atoms with van der Waals surface area (Å²) in [7, 11) is 0. The van der Waals surface area contributed by atoms with Crippen LogP contribution >= 0.6 is 11.3 Å². The van der Waals surface area contributed by atoms with Gasteiger partial charge in [0.25, 0.3) is 0 Å². The Balaban J connectivity index is 1.95. The Kier molecular flexibility index (Phi) is 3.41. The zero-order valence-corrected chi connectivity index (χ0v) is 11.7. The van der Waals surface area contributed by atoms with Crippen molar-refractivity contribution in [2.24, 2.45) is 5.92 Å². The van der Waals surface area contributed by atoms with E-state index >= 15 is 0 Å². The molecule has 90 valence electrons. The van der Waals surface area contributed by atoms with Gasteiger partial charge in [0, 0.05) is 9.75 Å². The minimum atomic E-state index is 0.314. The summed E-state index contributed by atoms with van der Waals surface area (Å²) < 4.78 is 0. The van der Waals surface area contributed by atoms with Crippen LogP contribution in [0.4, 0.5) is 0 Å². The topological polar surface area (TPSA) is 12.0 Å². The summed E-state index contributed by atoms with van der Waals surface area (Å²) in [6.45, 7) is 11.4. The molecule has 0 amide bonds. The highest BCUT2D eigenvalue weighted by Gasteiger charge is 2.38. The molecule has 0 radical (unpaired) electrons. The molecule has 0 saturated heterocycles. The minimum Gasteiger partial charge on any atom is -0.317 e. The molecule has 0 aromatic carbocycles. The average Bonchev–Trinajstić information content (AvgIpc) is 2.78. The summed E-state index contributed by atoms with van der Waals surface area (Å²) >= 11 is 2.02. The Labute approximate surface area is 103 Å². The summed E-state index contributed by atoms with van der Waals surface area (Å²) in [5, 5.41) is 3.45. The predicted octanol–water partition coefficient (Wildman–Crippen LogP) is 3.76. The van der Waals surface area contributed by atoms with E-state index < -0.39 is 0 Å². The van der Waals surface area contributed by atoms with Gasteiger partial charge in [0.2, 0.25) is 0 Å². The number of hydrogen-bond acceptors (Lipinski definition) is 2. The van der Waals surface area contributed by atoms with E-state index in [1.54, 1.807) is 4.88 Å². The van der Waals surface area contributed by atoms with Gasteiger partial charge in [0.15, 0.2) is 0 Å². The van der Waals surface area contributed by atoms with Crippen LogP contribution in [0.3, 0.4) is 0 Å². The molecule has 2 heteroatoms. The van der Waals surface area contributed by atoms with Gasteiger partial charge >= 0.3 is 0 Å². The fraction of sp³-hybridized carbons (Fsp3) is 0.714. The van der Waals surface area contributed by atoms with Crippen molar-refractivity contribution in [2.45, 2.75) is 45.4 Å². The van der Waals surface area contributed by atoms with Crippen molar-refractivity contribution in [3.05, 3.63) is 21.9 Å². The summed E-state index contributed by atoms with van der Waals surface area (Å²) in [6.07, 6.45) is 1.39. The van der Waals surface area contributed by atoms with E-state index in [4.69, 9.17) is 0 Å². The largest absolute Gasteiger partial charge is 0.317 e. The van der Waals surface area contributed by atoms with Crippen LogP contribution in [0.5, 0.6) is 0 Å². The molecule has 2 rings (SSSR count). The Morgan fingerprint density at radius 1 is 1.38 bits per heavy atom. The third kappa shape index (κ3) is 2.67. The molecule has 0 bridgehead atoms. The third-order valence-corrected chi connectivity index (χ3v) is 4.95. The zero-order chi connectivity index (χ0) is 11.8. The quantitative estimate of drug-likeness (QED) is 0.841. The lowest BCUT2D eigenvalue weighted by Crippen LogP contribution is -2.16. The molecule has 1 aromatic heterocycles. The number of thiophene rings is 1. The van der Waals surface area contributed by atoms with Gasteiger partial charge in [-0.2, -0.15) is 0 Å². The smallest absolute Gasteiger partial charge is 0.0102 e. The van der Waals surface area contributed by atoms with Crippen LogP contribution in [-0.2, 0) is 5.41 Å². The molecule has 1 heterocycles. The highest BCUT2D eigenvalue weighted by molar-refractivity contribution is 7.12. The second-order valence-corrected chi connectivity index (χ2v) is 6.98. The Morgan fingerprint density at radius 3 is 2.69 bits per heavy atom. The Morgan fingerprint density at radius 2 is 2.12 bits per heavy atom. The lowest BCUT2D eigenvalue weighted by atomic mass is 9.95. The van der Waals surface area contributed by atoms with Gasteiger partial charge in [-0.25, -0.2) is 0 Å². The maximum absolute atomic E-state index is 3.45. The minimum absolute atomic E-state index is 0.314. The molecule has 0 aliphatic heterocycles. The molecule has 1 N–H and O–H groups in total. The molecule has 1 aromatic rings. The monoisotopic (exact) mass is 237 g/mol. The molecule has 2 atom stereocenters. The summed E-state index contributed by atoms with van der Waals surface area (Å²) in [4.78, 5) is 3.13. The first kappa shape index (κ1) is 12.1. The molecule has 1 aliphatic carbocycles. The van der Waals surface area contributed by atoms with Gasteiger partial charge in [0.05, 0.1) is 0 Å². The highest BCUT2D eigenvalue weighted by Crippen LogP contribution is 2.50. The van der Waals surface area contributed by atoms with Crippen molar-refractivity contribution < 1.29 is 0 Å². The van der Waals surface area contributed by atoms with Gasteiger partial charge in [-0.3, -0.25) is 0 Å². The average molecular weight is 237 g/mol. The van der Waals surface area contributed by atoms with E-state index in [1.807, 2.05) is 11.3 Å². The molecule has 1 fully saturated rings. The third-order valence-electron chi connectivity index (χ3n) is 3.31. The van der Waals surface area contributed by atoms with Crippen molar-refractivity contribution >= 4 is 11.3 Å². The van der Waals surface area contributed by atoms with E-state index in [2.05, 4.69) is 45.1 Å².